The van der Waals surface area contributed by atoms with Crippen LogP contribution < -0.4 is 19.6 Å². The standard InChI is InChI=1S/C31H30N2O4S2/c1-3-4-8-17-36-24-15-13-23(14-16-24)28-27(30(35)37-20-22-10-6-5-7-11-22)21(2)32-31-33(28)29(34)26(39-31)19-25-12-9-18-38-25/h5-7,9-16,18-19,28H,3-4,8,17,20H2,1-2H3/b26-19-. The number of carbonyl (C=O) groups excluding carboxylic acids is 1. The number of rotatable bonds is 10. The number of hydrogen-bond donors (Lipinski definition) is 0. The topological polar surface area (TPSA) is 69.9 Å². The Labute approximate surface area is 235 Å². The molecule has 200 valence electrons. The van der Waals surface area contributed by atoms with Crippen LogP contribution in [0.15, 0.2) is 93.2 Å². The predicted molar refractivity (Wildman–Crippen MR) is 156 cm³/mol. The van der Waals surface area contributed by atoms with Crippen molar-refractivity contribution in [3.8, 4) is 5.75 Å². The quantitative estimate of drug-likeness (QED) is 0.187. The van der Waals surface area contributed by atoms with E-state index in [-0.39, 0.29) is 12.2 Å². The summed E-state index contributed by atoms with van der Waals surface area (Å²) in [5, 5.41) is 1.97. The van der Waals surface area contributed by atoms with Gasteiger partial charge in [-0.1, -0.05) is 79.6 Å². The van der Waals surface area contributed by atoms with Crippen molar-refractivity contribution in [2.75, 3.05) is 6.61 Å². The second-order valence-corrected chi connectivity index (χ2v) is 11.3. The molecule has 0 spiro atoms. The summed E-state index contributed by atoms with van der Waals surface area (Å²) in [7, 11) is 0. The second-order valence-electron chi connectivity index (χ2n) is 9.28. The molecule has 1 atom stereocenters. The van der Waals surface area contributed by atoms with Gasteiger partial charge in [-0.3, -0.25) is 9.36 Å². The number of aromatic nitrogens is 1. The fourth-order valence-corrected chi connectivity index (χ4v) is 6.26. The molecular formula is C31H30N2O4S2. The van der Waals surface area contributed by atoms with Crippen molar-refractivity contribution in [2.45, 2.75) is 45.8 Å². The third kappa shape index (κ3) is 6.13. The highest BCUT2D eigenvalue weighted by Gasteiger charge is 2.33. The Hall–Kier alpha value is -3.75. The number of hydrogen-bond acceptors (Lipinski definition) is 7. The van der Waals surface area contributed by atoms with E-state index in [1.165, 1.54) is 11.3 Å². The number of benzene rings is 2. The van der Waals surface area contributed by atoms with E-state index in [0.717, 1.165) is 41.0 Å². The van der Waals surface area contributed by atoms with Crippen LogP contribution >= 0.6 is 22.7 Å². The molecule has 39 heavy (non-hydrogen) atoms. The van der Waals surface area contributed by atoms with Crippen molar-refractivity contribution in [2.24, 2.45) is 4.99 Å². The molecule has 8 heteroatoms. The minimum atomic E-state index is -0.663. The number of thiophene rings is 1. The zero-order chi connectivity index (χ0) is 27.2. The van der Waals surface area contributed by atoms with Crippen LogP contribution in [0.25, 0.3) is 6.08 Å². The van der Waals surface area contributed by atoms with Crippen molar-refractivity contribution in [1.29, 1.82) is 0 Å². The molecule has 4 aromatic rings. The first-order chi connectivity index (χ1) is 19.0. The first-order valence-corrected chi connectivity index (χ1v) is 14.7. The summed E-state index contributed by atoms with van der Waals surface area (Å²) in [6.07, 6.45) is 5.13. The third-order valence-corrected chi connectivity index (χ3v) is 8.29. The van der Waals surface area contributed by atoms with E-state index < -0.39 is 12.0 Å². The lowest BCUT2D eigenvalue weighted by Crippen LogP contribution is -2.39. The molecule has 1 aliphatic rings. The van der Waals surface area contributed by atoms with Gasteiger partial charge in [0.1, 0.15) is 12.4 Å². The van der Waals surface area contributed by atoms with Gasteiger partial charge >= 0.3 is 5.97 Å². The van der Waals surface area contributed by atoms with Gasteiger partial charge in [-0.15, -0.1) is 11.3 Å². The first kappa shape index (κ1) is 26.8. The lowest BCUT2D eigenvalue weighted by molar-refractivity contribution is -0.140. The lowest BCUT2D eigenvalue weighted by atomic mass is 9.96. The molecule has 0 saturated heterocycles. The Morgan fingerprint density at radius 2 is 1.85 bits per heavy atom. The molecule has 0 aliphatic carbocycles. The number of ether oxygens (including phenoxy) is 2. The van der Waals surface area contributed by atoms with Gasteiger partial charge in [0.25, 0.3) is 5.56 Å². The fraction of sp³-hybridized carbons (Fsp3) is 0.258. The number of thiazole rings is 1. The Kier molecular flexibility index (Phi) is 8.54. The summed E-state index contributed by atoms with van der Waals surface area (Å²) in [6.45, 7) is 4.75. The van der Waals surface area contributed by atoms with Gasteiger partial charge in [-0.25, -0.2) is 9.79 Å². The van der Waals surface area contributed by atoms with E-state index in [9.17, 15) is 9.59 Å². The normalized spacial score (nSPS) is 15.1. The molecule has 1 aliphatic heterocycles. The SMILES string of the molecule is CCCCCOc1ccc(C2C(C(=O)OCc3ccccc3)=C(C)N=c3s/c(=C\c4cccs4)c(=O)n32)cc1. The van der Waals surface area contributed by atoms with Gasteiger partial charge in [-0.2, -0.15) is 0 Å². The minimum Gasteiger partial charge on any atom is -0.494 e. The highest BCUT2D eigenvalue weighted by atomic mass is 32.1. The molecule has 0 saturated carbocycles. The van der Waals surface area contributed by atoms with Crippen molar-refractivity contribution in [3.63, 3.8) is 0 Å². The molecule has 0 fully saturated rings. The Morgan fingerprint density at radius 3 is 2.56 bits per heavy atom. The average molecular weight is 559 g/mol. The number of allylic oxidation sites excluding steroid dienone is 1. The Morgan fingerprint density at radius 1 is 1.05 bits per heavy atom. The third-order valence-electron chi connectivity index (χ3n) is 6.48. The molecule has 1 unspecified atom stereocenters. The largest absolute Gasteiger partial charge is 0.494 e. The fourth-order valence-electron chi connectivity index (χ4n) is 4.49. The van der Waals surface area contributed by atoms with Gasteiger partial charge in [0.2, 0.25) is 0 Å². The average Bonchev–Trinajstić information content (AvgIpc) is 3.58. The predicted octanol–water partition coefficient (Wildman–Crippen LogP) is 5.61. The van der Waals surface area contributed by atoms with E-state index in [1.54, 1.807) is 22.8 Å². The maximum Gasteiger partial charge on any atom is 0.338 e. The molecule has 3 heterocycles. The monoisotopic (exact) mass is 558 g/mol. The smallest absolute Gasteiger partial charge is 0.338 e. The van der Waals surface area contributed by atoms with Crippen LogP contribution in [0.1, 0.15) is 55.2 Å². The highest BCUT2D eigenvalue weighted by Crippen LogP contribution is 2.32. The summed E-state index contributed by atoms with van der Waals surface area (Å²) in [5.74, 6) is 0.270. The number of fused-ring (bicyclic) bond motifs is 1. The Balaban J connectivity index is 1.53. The number of nitrogens with zero attached hydrogens (tertiary/aromatic N) is 2. The van der Waals surface area contributed by atoms with Crippen LogP contribution in [0.3, 0.4) is 0 Å². The number of unbranched alkanes of at least 4 members (excludes halogenated alkanes) is 2. The van der Waals surface area contributed by atoms with E-state index >= 15 is 0 Å². The molecular weight excluding hydrogens is 528 g/mol. The summed E-state index contributed by atoms with van der Waals surface area (Å²) in [6, 6.07) is 20.4. The lowest BCUT2D eigenvalue weighted by Gasteiger charge is -2.25. The summed E-state index contributed by atoms with van der Waals surface area (Å²) in [5.41, 5.74) is 2.40. The molecule has 0 amide bonds. The van der Waals surface area contributed by atoms with E-state index in [0.29, 0.717) is 27.2 Å². The number of carbonyl (C=O) groups is 1. The molecule has 0 radical (unpaired) electrons. The zero-order valence-corrected chi connectivity index (χ0v) is 23.6. The van der Waals surface area contributed by atoms with E-state index in [4.69, 9.17) is 9.47 Å². The van der Waals surface area contributed by atoms with E-state index in [1.807, 2.05) is 78.2 Å². The first-order valence-electron chi connectivity index (χ1n) is 13.0. The zero-order valence-electron chi connectivity index (χ0n) is 22.0. The highest BCUT2D eigenvalue weighted by molar-refractivity contribution is 7.11. The molecule has 6 nitrogen and oxygen atoms in total. The van der Waals surface area contributed by atoms with Crippen LogP contribution in [0.2, 0.25) is 0 Å². The molecule has 5 rings (SSSR count). The maximum absolute atomic E-state index is 13.7. The summed E-state index contributed by atoms with van der Waals surface area (Å²) < 4.78 is 13.8. The molecule has 2 aromatic carbocycles. The van der Waals surface area contributed by atoms with Crippen LogP contribution in [-0.2, 0) is 16.1 Å². The van der Waals surface area contributed by atoms with Gasteiger partial charge in [0.15, 0.2) is 4.80 Å². The van der Waals surface area contributed by atoms with Crippen molar-refractivity contribution >= 4 is 34.7 Å². The van der Waals surface area contributed by atoms with Gasteiger partial charge in [0, 0.05) is 4.88 Å². The maximum atomic E-state index is 13.7. The summed E-state index contributed by atoms with van der Waals surface area (Å²) in [4.78, 5) is 33.5. The van der Waals surface area contributed by atoms with E-state index in [2.05, 4.69) is 11.9 Å². The summed E-state index contributed by atoms with van der Waals surface area (Å²) >= 11 is 2.89. The molecule has 2 aromatic heterocycles. The van der Waals surface area contributed by atoms with Crippen molar-refractivity contribution < 1.29 is 14.3 Å². The van der Waals surface area contributed by atoms with Gasteiger partial charge in [0.05, 0.1) is 28.5 Å². The van der Waals surface area contributed by atoms with Crippen LogP contribution in [0, 0.1) is 0 Å². The number of esters is 1. The molecule has 0 bridgehead atoms. The van der Waals surface area contributed by atoms with Crippen molar-refractivity contribution in [1.82, 2.24) is 4.57 Å². The van der Waals surface area contributed by atoms with Crippen LogP contribution in [-0.4, -0.2) is 17.1 Å². The van der Waals surface area contributed by atoms with Crippen LogP contribution in [0.4, 0.5) is 0 Å². The second kappa shape index (κ2) is 12.4. The van der Waals surface area contributed by atoms with Gasteiger partial charge in [-0.05, 0) is 54.1 Å². The minimum absolute atomic E-state index is 0.135. The Bertz CT molecular complexity index is 1630. The van der Waals surface area contributed by atoms with Gasteiger partial charge < -0.3 is 9.47 Å². The van der Waals surface area contributed by atoms with Crippen molar-refractivity contribution in [3.05, 3.63) is 119 Å². The molecule has 0 N–H and O–H groups in total. The van der Waals surface area contributed by atoms with Crippen LogP contribution in [0.5, 0.6) is 5.75 Å².